The Hall–Kier alpha value is -3.02. The van der Waals surface area contributed by atoms with Crippen LogP contribution >= 0.6 is 0 Å². The fourth-order valence-electron chi connectivity index (χ4n) is 2.58. The van der Waals surface area contributed by atoms with Crippen LogP contribution in [0.15, 0.2) is 45.5 Å². The molecule has 0 bridgehead atoms. The van der Waals surface area contributed by atoms with Gasteiger partial charge in [0.15, 0.2) is 5.69 Å². The summed E-state index contributed by atoms with van der Waals surface area (Å²) >= 11 is 0. The van der Waals surface area contributed by atoms with Gasteiger partial charge in [-0.05, 0) is 56.2 Å². The van der Waals surface area contributed by atoms with Gasteiger partial charge >= 0.3 is 0 Å². The standard InChI is InChI=1S/C19H20N2O4/c1-12-7-13(2)9-16(8-12)24-11-17-14(3)25-21-18(17)19(22)20-10-15-5-4-6-23-15/h4-9H,10-11H2,1-3H3,(H,20,22). The quantitative estimate of drug-likeness (QED) is 0.740. The molecule has 25 heavy (non-hydrogen) atoms. The molecule has 0 radical (unpaired) electrons. The minimum absolute atomic E-state index is 0.210. The molecule has 1 aromatic carbocycles. The Bertz CT molecular complexity index is 845. The molecule has 0 aliphatic rings. The van der Waals surface area contributed by atoms with Crippen LogP contribution in [-0.2, 0) is 13.2 Å². The molecule has 1 N–H and O–H groups in total. The number of nitrogens with one attached hydrogen (secondary N) is 1. The van der Waals surface area contributed by atoms with Crippen molar-refractivity contribution in [3.63, 3.8) is 0 Å². The van der Waals surface area contributed by atoms with E-state index in [9.17, 15) is 4.79 Å². The number of hydrogen-bond acceptors (Lipinski definition) is 5. The van der Waals surface area contributed by atoms with E-state index in [-0.39, 0.29) is 24.8 Å². The third-order valence-corrected chi connectivity index (χ3v) is 3.78. The SMILES string of the molecule is Cc1cc(C)cc(OCc2c(C(=O)NCc3ccco3)noc2C)c1. The van der Waals surface area contributed by atoms with E-state index in [0.29, 0.717) is 17.1 Å². The van der Waals surface area contributed by atoms with Crippen molar-refractivity contribution < 1.29 is 18.5 Å². The van der Waals surface area contributed by atoms with Gasteiger partial charge < -0.3 is 19.0 Å². The highest BCUT2D eigenvalue weighted by atomic mass is 16.5. The molecule has 6 nitrogen and oxygen atoms in total. The Balaban J connectivity index is 1.69. The van der Waals surface area contributed by atoms with Crippen molar-refractivity contribution in [3.05, 3.63) is 70.5 Å². The summed E-state index contributed by atoms with van der Waals surface area (Å²) in [7, 11) is 0. The lowest BCUT2D eigenvalue weighted by molar-refractivity contribution is 0.0936. The van der Waals surface area contributed by atoms with Gasteiger partial charge in [0.1, 0.15) is 23.9 Å². The molecule has 0 saturated carbocycles. The molecule has 0 aliphatic heterocycles. The van der Waals surface area contributed by atoms with Gasteiger partial charge in [-0.25, -0.2) is 0 Å². The molecule has 0 spiro atoms. The second-order valence-corrected chi connectivity index (χ2v) is 5.94. The van der Waals surface area contributed by atoms with E-state index in [1.807, 2.05) is 26.0 Å². The largest absolute Gasteiger partial charge is 0.489 e. The van der Waals surface area contributed by atoms with E-state index in [0.717, 1.165) is 16.9 Å². The Morgan fingerprint density at radius 2 is 1.96 bits per heavy atom. The maximum atomic E-state index is 12.4. The number of amides is 1. The summed E-state index contributed by atoms with van der Waals surface area (Å²) in [5, 5.41) is 6.63. The number of carbonyl (C=O) groups excluding carboxylic acids is 1. The number of furan rings is 1. The second-order valence-electron chi connectivity index (χ2n) is 5.94. The first kappa shape index (κ1) is 16.8. The highest BCUT2D eigenvalue weighted by Gasteiger charge is 2.20. The Morgan fingerprint density at radius 3 is 2.64 bits per heavy atom. The van der Waals surface area contributed by atoms with Crippen molar-refractivity contribution in [3.8, 4) is 5.75 Å². The molecule has 1 amide bonds. The molecule has 0 unspecified atom stereocenters. The summed E-state index contributed by atoms with van der Waals surface area (Å²) in [6.07, 6.45) is 1.56. The fourth-order valence-corrected chi connectivity index (χ4v) is 2.58. The normalized spacial score (nSPS) is 10.7. The van der Waals surface area contributed by atoms with Crippen LogP contribution in [0.2, 0.25) is 0 Å². The minimum atomic E-state index is -0.327. The lowest BCUT2D eigenvalue weighted by atomic mass is 10.1. The van der Waals surface area contributed by atoms with Crippen LogP contribution in [0.4, 0.5) is 0 Å². The zero-order valence-corrected chi connectivity index (χ0v) is 14.5. The van der Waals surface area contributed by atoms with Crippen LogP contribution in [0.3, 0.4) is 0 Å². The number of hydrogen-bond donors (Lipinski definition) is 1. The predicted octanol–water partition coefficient (Wildman–Crippen LogP) is 3.70. The van der Waals surface area contributed by atoms with E-state index in [4.69, 9.17) is 13.7 Å². The molecule has 130 valence electrons. The zero-order chi connectivity index (χ0) is 17.8. The van der Waals surface area contributed by atoms with Gasteiger partial charge in [0.2, 0.25) is 0 Å². The lowest BCUT2D eigenvalue weighted by Gasteiger charge is -2.09. The Morgan fingerprint density at radius 1 is 1.20 bits per heavy atom. The summed E-state index contributed by atoms with van der Waals surface area (Å²) in [6, 6.07) is 9.54. The average molecular weight is 340 g/mol. The average Bonchev–Trinajstić information content (AvgIpc) is 3.19. The number of ether oxygens (including phenoxy) is 1. The summed E-state index contributed by atoms with van der Waals surface area (Å²) in [6.45, 7) is 6.28. The van der Waals surface area contributed by atoms with Crippen molar-refractivity contribution in [2.45, 2.75) is 33.9 Å². The lowest BCUT2D eigenvalue weighted by Crippen LogP contribution is -2.24. The van der Waals surface area contributed by atoms with Crippen molar-refractivity contribution in [2.24, 2.45) is 0 Å². The Kier molecular flexibility index (Phi) is 4.88. The van der Waals surface area contributed by atoms with Crippen molar-refractivity contribution in [2.75, 3.05) is 0 Å². The number of nitrogens with zero attached hydrogens (tertiary/aromatic N) is 1. The smallest absolute Gasteiger partial charge is 0.274 e. The summed E-state index contributed by atoms with van der Waals surface area (Å²) in [5.74, 6) is 1.65. The van der Waals surface area contributed by atoms with Crippen LogP contribution in [0.5, 0.6) is 5.75 Å². The zero-order valence-electron chi connectivity index (χ0n) is 14.5. The molecular formula is C19H20N2O4. The molecular weight excluding hydrogens is 320 g/mol. The number of carbonyl (C=O) groups is 1. The maximum Gasteiger partial charge on any atom is 0.274 e. The highest BCUT2D eigenvalue weighted by Crippen LogP contribution is 2.20. The van der Waals surface area contributed by atoms with Gasteiger partial charge in [0, 0.05) is 0 Å². The van der Waals surface area contributed by atoms with E-state index in [1.54, 1.807) is 25.3 Å². The summed E-state index contributed by atoms with van der Waals surface area (Å²) in [4.78, 5) is 12.4. The number of rotatable bonds is 6. The molecule has 3 aromatic rings. The first-order chi connectivity index (χ1) is 12.0. The predicted molar refractivity (Wildman–Crippen MR) is 91.4 cm³/mol. The van der Waals surface area contributed by atoms with Crippen LogP contribution in [-0.4, -0.2) is 11.1 Å². The monoisotopic (exact) mass is 340 g/mol. The summed E-state index contributed by atoms with van der Waals surface area (Å²) < 4.78 is 16.2. The van der Waals surface area contributed by atoms with Gasteiger partial charge in [-0.2, -0.15) is 0 Å². The third-order valence-electron chi connectivity index (χ3n) is 3.78. The van der Waals surface area contributed by atoms with Crippen LogP contribution in [0.1, 0.15) is 38.7 Å². The molecule has 2 aromatic heterocycles. The first-order valence-corrected chi connectivity index (χ1v) is 8.00. The molecule has 0 atom stereocenters. The van der Waals surface area contributed by atoms with Crippen LogP contribution in [0.25, 0.3) is 0 Å². The number of aromatic nitrogens is 1. The molecule has 6 heteroatoms. The molecule has 0 saturated heterocycles. The molecule has 2 heterocycles. The third kappa shape index (κ3) is 4.09. The molecule has 3 rings (SSSR count). The molecule has 0 aliphatic carbocycles. The Labute approximate surface area is 145 Å². The topological polar surface area (TPSA) is 77.5 Å². The van der Waals surface area contributed by atoms with Crippen LogP contribution < -0.4 is 10.1 Å². The first-order valence-electron chi connectivity index (χ1n) is 8.00. The van der Waals surface area contributed by atoms with Crippen LogP contribution in [0, 0.1) is 20.8 Å². The second kappa shape index (κ2) is 7.25. The fraction of sp³-hybridized carbons (Fsp3) is 0.263. The van der Waals surface area contributed by atoms with Gasteiger partial charge in [0.25, 0.3) is 5.91 Å². The van der Waals surface area contributed by atoms with Gasteiger partial charge in [-0.15, -0.1) is 0 Å². The van der Waals surface area contributed by atoms with Crippen molar-refractivity contribution in [1.29, 1.82) is 0 Å². The van der Waals surface area contributed by atoms with Crippen molar-refractivity contribution >= 4 is 5.91 Å². The van der Waals surface area contributed by atoms with E-state index < -0.39 is 0 Å². The van der Waals surface area contributed by atoms with E-state index in [2.05, 4.69) is 16.5 Å². The van der Waals surface area contributed by atoms with E-state index >= 15 is 0 Å². The van der Waals surface area contributed by atoms with Gasteiger partial charge in [-0.3, -0.25) is 4.79 Å². The number of aryl methyl sites for hydroxylation is 3. The van der Waals surface area contributed by atoms with Gasteiger partial charge in [-0.1, -0.05) is 11.2 Å². The van der Waals surface area contributed by atoms with Gasteiger partial charge in [0.05, 0.1) is 18.4 Å². The number of benzene rings is 1. The van der Waals surface area contributed by atoms with E-state index in [1.165, 1.54) is 0 Å². The van der Waals surface area contributed by atoms with Crippen molar-refractivity contribution in [1.82, 2.24) is 10.5 Å². The minimum Gasteiger partial charge on any atom is -0.489 e. The summed E-state index contributed by atoms with van der Waals surface area (Å²) in [5.41, 5.74) is 3.10. The molecule has 0 fully saturated rings. The highest BCUT2D eigenvalue weighted by molar-refractivity contribution is 5.93. The maximum absolute atomic E-state index is 12.4.